The zero-order chi connectivity index (χ0) is 10.7. The topological polar surface area (TPSA) is 21.3 Å². The fourth-order valence-electron chi connectivity index (χ4n) is 1.42. The summed E-state index contributed by atoms with van der Waals surface area (Å²) in [6, 6.07) is 8.70. The molecule has 0 bridgehead atoms. The molecule has 0 spiro atoms. The molecule has 1 atom stereocenters. The Balaban J connectivity index is 1.81. The molecule has 0 aromatic heterocycles. The SMILES string of the molecule is CC(CNC1CC1)Oc1ccccc1Br. The van der Waals surface area contributed by atoms with Gasteiger partial charge in [0.05, 0.1) is 4.47 Å². The fraction of sp³-hybridized carbons (Fsp3) is 0.500. The van der Waals surface area contributed by atoms with Crippen molar-refractivity contribution in [3.05, 3.63) is 28.7 Å². The van der Waals surface area contributed by atoms with Gasteiger partial charge in [-0.15, -0.1) is 0 Å². The Morgan fingerprint density at radius 1 is 1.47 bits per heavy atom. The molecule has 0 radical (unpaired) electrons. The molecule has 2 rings (SSSR count). The normalized spacial score (nSPS) is 17.5. The molecule has 0 amide bonds. The lowest BCUT2D eigenvalue weighted by molar-refractivity contribution is 0.215. The molecule has 15 heavy (non-hydrogen) atoms. The van der Waals surface area contributed by atoms with Crippen molar-refractivity contribution in [1.29, 1.82) is 0 Å². The van der Waals surface area contributed by atoms with Crippen LogP contribution in [0.15, 0.2) is 28.7 Å². The lowest BCUT2D eigenvalue weighted by Crippen LogP contribution is -2.30. The van der Waals surface area contributed by atoms with Gasteiger partial charge >= 0.3 is 0 Å². The summed E-state index contributed by atoms with van der Waals surface area (Å²) in [5.74, 6) is 0.919. The van der Waals surface area contributed by atoms with Gasteiger partial charge in [-0.3, -0.25) is 0 Å². The van der Waals surface area contributed by atoms with Crippen LogP contribution in [0.25, 0.3) is 0 Å². The van der Waals surface area contributed by atoms with Gasteiger partial charge in [0.15, 0.2) is 0 Å². The summed E-state index contributed by atoms with van der Waals surface area (Å²) in [4.78, 5) is 0. The molecule has 2 nitrogen and oxygen atoms in total. The average Bonchev–Trinajstić information content (AvgIpc) is 3.02. The van der Waals surface area contributed by atoms with Crippen LogP contribution in [0.2, 0.25) is 0 Å². The third-order valence-electron chi connectivity index (χ3n) is 2.44. The summed E-state index contributed by atoms with van der Waals surface area (Å²) in [6.45, 7) is 3.01. The number of hydrogen-bond acceptors (Lipinski definition) is 2. The Morgan fingerprint density at radius 2 is 2.20 bits per heavy atom. The summed E-state index contributed by atoms with van der Waals surface area (Å²) in [5.41, 5.74) is 0. The first-order valence-corrected chi connectivity index (χ1v) is 6.19. The molecule has 3 heteroatoms. The monoisotopic (exact) mass is 269 g/mol. The third kappa shape index (κ3) is 3.50. The van der Waals surface area contributed by atoms with Crippen LogP contribution in [0, 0.1) is 0 Å². The van der Waals surface area contributed by atoms with Gasteiger partial charge in [-0.05, 0) is 47.8 Å². The molecule has 1 aromatic rings. The molecule has 82 valence electrons. The minimum atomic E-state index is 0.212. The van der Waals surface area contributed by atoms with Crippen molar-refractivity contribution in [2.24, 2.45) is 0 Å². The molecule has 0 aliphatic heterocycles. The van der Waals surface area contributed by atoms with Crippen LogP contribution in [-0.2, 0) is 0 Å². The number of nitrogens with one attached hydrogen (secondary N) is 1. The quantitative estimate of drug-likeness (QED) is 0.888. The molecule has 1 unspecified atom stereocenters. The highest BCUT2D eigenvalue weighted by atomic mass is 79.9. The number of hydrogen-bond donors (Lipinski definition) is 1. The van der Waals surface area contributed by atoms with E-state index in [4.69, 9.17) is 4.74 Å². The van der Waals surface area contributed by atoms with Gasteiger partial charge in [0, 0.05) is 12.6 Å². The van der Waals surface area contributed by atoms with Gasteiger partial charge in [0.25, 0.3) is 0 Å². The maximum absolute atomic E-state index is 5.81. The molecule has 1 aromatic carbocycles. The highest BCUT2D eigenvalue weighted by molar-refractivity contribution is 9.10. The van der Waals surface area contributed by atoms with Gasteiger partial charge < -0.3 is 10.1 Å². The summed E-state index contributed by atoms with van der Waals surface area (Å²) in [7, 11) is 0. The van der Waals surface area contributed by atoms with Crippen molar-refractivity contribution in [3.8, 4) is 5.75 Å². The van der Waals surface area contributed by atoms with Gasteiger partial charge in [-0.25, -0.2) is 0 Å². The van der Waals surface area contributed by atoms with Crippen LogP contribution in [0.3, 0.4) is 0 Å². The number of benzene rings is 1. The molecular formula is C12H16BrNO. The highest BCUT2D eigenvalue weighted by Gasteiger charge is 2.21. The van der Waals surface area contributed by atoms with E-state index in [0.29, 0.717) is 0 Å². The van der Waals surface area contributed by atoms with Crippen LogP contribution in [0.5, 0.6) is 5.75 Å². The minimum Gasteiger partial charge on any atom is -0.488 e. The van der Waals surface area contributed by atoms with Crippen LogP contribution in [0.1, 0.15) is 19.8 Å². The molecule has 1 saturated carbocycles. The molecule has 1 N–H and O–H groups in total. The Labute approximate surface area is 99.1 Å². The lowest BCUT2D eigenvalue weighted by atomic mass is 10.3. The van der Waals surface area contributed by atoms with Crippen molar-refractivity contribution in [1.82, 2.24) is 5.32 Å². The zero-order valence-electron chi connectivity index (χ0n) is 8.87. The molecule has 0 saturated heterocycles. The maximum atomic E-state index is 5.81. The van der Waals surface area contributed by atoms with Crippen LogP contribution >= 0.6 is 15.9 Å². The van der Waals surface area contributed by atoms with E-state index in [0.717, 1.165) is 22.8 Å². The second-order valence-electron chi connectivity index (χ2n) is 4.04. The lowest BCUT2D eigenvalue weighted by Gasteiger charge is -2.16. The van der Waals surface area contributed by atoms with Gasteiger partial charge in [-0.2, -0.15) is 0 Å². The van der Waals surface area contributed by atoms with Crippen LogP contribution in [0.4, 0.5) is 0 Å². The molecule has 1 fully saturated rings. The maximum Gasteiger partial charge on any atom is 0.133 e. The second-order valence-corrected chi connectivity index (χ2v) is 4.90. The Kier molecular flexibility index (Phi) is 3.65. The van der Waals surface area contributed by atoms with Gasteiger partial charge in [0.2, 0.25) is 0 Å². The largest absolute Gasteiger partial charge is 0.488 e. The smallest absolute Gasteiger partial charge is 0.133 e. The third-order valence-corrected chi connectivity index (χ3v) is 3.09. The zero-order valence-corrected chi connectivity index (χ0v) is 10.5. The average molecular weight is 270 g/mol. The minimum absolute atomic E-state index is 0.212. The Bertz CT molecular complexity index is 325. The van der Waals surface area contributed by atoms with E-state index in [1.54, 1.807) is 0 Å². The first kappa shape index (κ1) is 11.0. The first-order chi connectivity index (χ1) is 7.25. The predicted molar refractivity (Wildman–Crippen MR) is 65.3 cm³/mol. The Morgan fingerprint density at radius 3 is 2.87 bits per heavy atom. The van der Waals surface area contributed by atoms with Gasteiger partial charge in [0.1, 0.15) is 11.9 Å². The van der Waals surface area contributed by atoms with Crippen molar-refractivity contribution >= 4 is 15.9 Å². The van der Waals surface area contributed by atoms with Crippen LogP contribution in [-0.4, -0.2) is 18.7 Å². The fourth-order valence-corrected chi connectivity index (χ4v) is 1.80. The summed E-state index contributed by atoms with van der Waals surface area (Å²) in [6.07, 6.45) is 2.85. The molecule has 1 aliphatic rings. The van der Waals surface area contributed by atoms with Gasteiger partial charge in [-0.1, -0.05) is 12.1 Å². The van der Waals surface area contributed by atoms with E-state index in [1.165, 1.54) is 12.8 Å². The first-order valence-electron chi connectivity index (χ1n) is 5.40. The summed E-state index contributed by atoms with van der Waals surface area (Å²) < 4.78 is 6.83. The van der Waals surface area contributed by atoms with E-state index < -0.39 is 0 Å². The number of para-hydroxylation sites is 1. The van der Waals surface area contributed by atoms with Crippen LogP contribution < -0.4 is 10.1 Å². The number of halogens is 1. The van der Waals surface area contributed by atoms with E-state index >= 15 is 0 Å². The van der Waals surface area contributed by atoms with E-state index in [2.05, 4.69) is 28.2 Å². The Hall–Kier alpha value is -0.540. The second kappa shape index (κ2) is 4.99. The predicted octanol–water partition coefficient (Wildman–Crippen LogP) is 2.97. The van der Waals surface area contributed by atoms with E-state index in [1.807, 2.05) is 24.3 Å². The number of rotatable bonds is 5. The van der Waals surface area contributed by atoms with Crippen molar-refractivity contribution in [3.63, 3.8) is 0 Å². The van der Waals surface area contributed by atoms with E-state index in [9.17, 15) is 0 Å². The van der Waals surface area contributed by atoms with E-state index in [-0.39, 0.29) is 6.10 Å². The highest BCUT2D eigenvalue weighted by Crippen LogP contribution is 2.25. The van der Waals surface area contributed by atoms with Crippen molar-refractivity contribution < 1.29 is 4.74 Å². The molecule has 0 heterocycles. The van der Waals surface area contributed by atoms with Crippen molar-refractivity contribution in [2.45, 2.75) is 31.9 Å². The summed E-state index contributed by atoms with van der Waals surface area (Å²) in [5, 5.41) is 3.46. The molecule has 1 aliphatic carbocycles. The van der Waals surface area contributed by atoms with Crippen molar-refractivity contribution in [2.75, 3.05) is 6.54 Å². The standard InChI is InChI=1S/C12H16BrNO/c1-9(8-14-10-6-7-10)15-12-5-3-2-4-11(12)13/h2-5,9-10,14H,6-8H2,1H3. The molecular weight excluding hydrogens is 254 g/mol. The summed E-state index contributed by atoms with van der Waals surface area (Å²) >= 11 is 3.47. The number of ether oxygens (including phenoxy) is 1.